The number of aliphatic hydroxyl groups is 8. The van der Waals surface area contributed by atoms with Gasteiger partial charge in [0.05, 0.1) is 32.0 Å². The fraction of sp³-hybridized carbons (Fsp3) is 0.809. The summed E-state index contributed by atoms with van der Waals surface area (Å²) in [6.45, 7) is 2.65. The van der Waals surface area contributed by atoms with Gasteiger partial charge in [-0.2, -0.15) is 0 Å². The Bertz CT molecular complexity index is 1210. The Hall–Kier alpha value is -2.05. The lowest BCUT2D eigenvalue weighted by Crippen LogP contribution is -2.65. The Kier molecular flexibility index (Phi) is 31.0. The Labute approximate surface area is 365 Å². The van der Waals surface area contributed by atoms with Gasteiger partial charge in [-0.25, -0.2) is 0 Å². The minimum absolute atomic E-state index is 0.255. The number of carbonyl (C=O) groups is 1. The molecule has 9 N–H and O–H groups in total. The molecule has 0 aliphatic carbocycles. The molecule has 0 bridgehead atoms. The molecule has 2 fully saturated rings. The molecule has 354 valence electrons. The zero-order valence-electron chi connectivity index (χ0n) is 37.1. The molecular weight excluding hydrogens is 787 g/mol. The normalized spacial score (nSPS) is 28.4. The summed E-state index contributed by atoms with van der Waals surface area (Å²) >= 11 is 0. The van der Waals surface area contributed by atoms with Gasteiger partial charge in [0, 0.05) is 6.42 Å². The number of hydrogen-bond donors (Lipinski definition) is 9. The molecular formula is C47H83NO13. The summed E-state index contributed by atoms with van der Waals surface area (Å²) in [5.41, 5.74) is 0. The number of hydrogen-bond acceptors (Lipinski definition) is 13. The van der Waals surface area contributed by atoms with Crippen LogP contribution in [0.1, 0.15) is 149 Å². The smallest absolute Gasteiger partial charge is 0.220 e. The highest BCUT2D eigenvalue weighted by Gasteiger charge is 2.50. The third-order valence-corrected chi connectivity index (χ3v) is 11.2. The molecule has 0 aromatic carbocycles. The third kappa shape index (κ3) is 22.4. The highest BCUT2D eigenvalue weighted by Crippen LogP contribution is 2.30. The van der Waals surface area contributed by atoms with Crippen molar-refractivity contribution in [3.63, 3.8) is 0 Å². The fourth-order valence-electron chi connectivity index (χ4n) is 7.34. The van der Waals surface area contributed by atoms with Gasteiger partial charge in [-0.05, 0) is 57.8 Å². The molecule has 0 aromatic heterocycles. The van der Waals surface area contributed by atoms with Crippen LogP contribution >= 0.6 is 0 Å². The maximum absolute atomic E-state index is 13.1. The fourth-order valence-corrected chi connectivity index (χ4v) is 7.34. The number of allylic oxidation sites excluding steroid dienone is 7. The molecule has 1 amide bonds. The summed E-state index contributed by atoms with van der Waals surface area (Å²) in [6.07, 6.45) is 21.6. The number of amides is 1. The molecule has 2 aliphatic rings. The van der Waals surface area contributed by atoms with Crippen molar-refractivity contribution in [1.82, 2.24) is 5.32 Å². The predicted octanol–water partition coefficient (Wildman–Crippen LogP) is 4.93. The van der Waals surface area contributed by atoms with E-state index in [9.17, 15) is 45.6 Å². The van der Waals surface area contributed by atoms with Crippen molar-refractivity contribution in [1.29, 1.82) is 0 Å². The number of aliphatic hydroxyl groups excluding tert-OH is 8. The molecule has 2 saturated heterocycles. The predicted molar refractivity (Wildman–Crippen MR) is 235 cm³/mol. The molecule has 14 heteroatoms. The number of ether oxygens (including phenoxy) is 4. The SMILES string of the molecule is CCC/C=C\C/C=C\CCCCCCCC(=O)NC(COC1OC(CO)C(OC2OC(CO)C(O)C(O)C2O)C(O)C1O)C(O)/C=C/CC/C=C/CCCCCCCCCC. The standard InChI is InChI=1S/C47H83NO13/c1-3-5-7-9-11-13-15-17-19-20-22-24-26-28-30-36(51)35(48-39(52)31-29-27-25-23-21-18-16-14-12-10-8-6-4-2)34-58-46-44(57)42(55)45(38(33-50)60-46)61-47-43(56)41(54)40(53)37(32-49)59-47/h8,10,14,16,20,22,28,30,35-38,40-47,49-51,53-57H,3-7,9,11-13,15,17-19,21,23-27,29,31-34H2,1-2H3,(H,48,52)/b10-8-,16-14-,22-20+,30-28+. The lowest BCUT2D eigenvalue weighted by molar-refractivity contribution is -0.359. The van der Waals surface area contributed by atoms with Gasteiger partial charge in [0.15, 0.2) is 12.6 Å². The number of nitrogens with one attached hydrogen (secondary N) is 1. The molecule has 14 nitrogen and oxygen atoms in total. The first-order chi connectivity index (χ1) is 29.6. The first kappa shape index (κ1) is 55.1. The van der Waals surface area contributed by atoms with Gasteiger partial charge in [0.1, 0.15) is 48.8 Å². The Morgan fingerprint density at radius 2 is 1.13 bits per heavy atom. The monoisotopic (exact) mass is 870 g/mol. The van der Waals surface area contributed by atoms with Gasteiger partial charge < -0.3 is 65.1 Å². The summed E-state index contributed by atoms with van der Waals surface area (Å²) in [5, 5.41) is 86.5. The Balaban J connectivity index is 1.92. The van der Waals surface area contributed by atoms with Gasteiger partial charge >= 0.3 is 0 Å². The van der Waals surface area contributed by atoms with Gasteiger partial charge in [0.2, 0.25) is 5.91 Å². The lowest BCUT2D eigenvalue weighted by Gasteiger charge is -2.46. The Morgan fingerprint density at radius 1 is 0.590 bits per heavy atom. The molecule has 61 heavy (non-hydrogen) atoms. The van der Waals surface area contributed by atoms with Crippen LogP contribution in [0.2, 0.25) is 0 Å². The van der Waals surface area contributed by atoms with Crippen LogP contribution < -0.4 is 5.32 Å². The second-order valence-electron chi connectivity index (χ2n) is 16.5. The van der Waals surface area contributed by atoms with E-state index in [4.69, 9.17) is 18.9 Å². The van der Waals surface area contributed by atoms with Gasteiger partial charge in [-0.3, -0.25) is 4.79 Å². The first-order valence-corrected chi connectivity index (χ1v) is 23.4. The van der Waals surface area contributed by atoms with E-state index in [-0.39, 0.29) is 18.9 Å². The molecule has 2 rings (SSSR count). The molecule has 12 atom stereocenters. The van der Waals surface area contributed by atoms with Crippen molar-refractivity contribution in [2.75, 3.05) is 19.8 Å². The van der Waals surface area contributed by atoms with E-state index in [1.807, 2.05) is 6.08 Å². The van der Waals surface area contributed by atoms with E-state index < -0.39 is 86.8 Å². The van der Waals surface area contributed by atoms with Crippen molar-refractivity contribution >= 4 is 5.91 Å². The second-order valence-corrected chi connectivity index (χ2v) is 16.5. The van der Waals surface area contributed by atoms with Crippen molar-refractivity contribution in [3.05, 3.63) is 48.6 Å². The van der Waals surface area contributed by atoms with Crippen LogP contribution in [0, 0.1) is 0 Å². The van der Waals surface area contributed by atoms with E-state index in [1.54, 1.807) is 6.08 Å². The van der Waals surface area contributed by atoms with E-state index in [0.717, 1.165) is 64.2 Å². The summed E-state index contributed by atoms with van der Waals surface area (Å²) in [6, 6.07) is -0.937. The van der Waals surface area contributed by atoms with Crippen LogP contribution in [-0.4, -0.2) is 140 Å². The van der Waals surface area contributed by atoms with Crippen LogP contribution in [0.15, 0.2) is 48.6 Å². The van der Waals surface area contributed by atoms with Crippen LogP contribution in [0.5, 0.6) is 0 Å². The zero-order valence-corrected chi connectivity index (χ0v) is 37.1. The minimum atomic E-state index is -1.79. The van der Waals surface area contributed by atoms with Gasteiger partial charge in [-0.15, -0.1) is 0 Å². The quantitative estimate of drug-likeness (QED) is 0.0309. The van der Waals surface area contributed by atoms with Crippen LogP contribution in [0.3, 0.4) is 0 Å². The van der Waals surface area contributed by atoms with Crippen molar-refractivity contribution in [2.45, 2.75) is 222 Å². The topological polar surface area (TPSA) is 228 Å². The summed E-state index contributed by atoms with van der Waals surface area (Å²) in [4.78, 5) is 13.1. The first-order valence-electron chi connectivity index (χ1n) is 23.4. The van der Waals surface area contributed by atoms with Gasteiger partial charge in [-0.1, -0.05) is 133 Å². The average molecular weight is 870 g/mol. The molecule has 0 radical (unpaired) electrons. The summed E-state index contributed by atoms with van der Waals surface area (Å²) < 4.78 is 22.6. The minimum Gasteiger partial charge on any atom is -0.394 e. The van der Waals surface area contributed by atoms with Crippen molar-refractivity contribution in [2.24, 2.45) is 0 Å². The lowest BCUT2D eigenvalue weighted by atomic mass is 9.97. The highest BCUT2D eigenvalue weighted by molar-refractivity contribution is 5.76. The Morgan fingerprint density at radius 3 is 1.77 bits per heavy atom. The highest BCUT2D eigenvalue weighted by atomic mass is 16.7. The number of unbranched alkanes of at least 4 members (excludes halogenated alkanes) is 15. The van der Waals surface area contributed by atoms with Gasteiger partial charge in [0.25, 0.3) is 0 Å². The molecule has 2 heterocycles. The molecule has 0 spiro atoms. The summed E-state index contributed by atoms with van der Waals surface area (Å²) in [5.74, 6) is -0.268. The number of carbonyl (C=O) groups excluding carboxylic acids is 1. The van der Waals surface area contributed by atoms with Crippen LogP contribution in [-0.2, 0) is 23.7 Å². The maximum Gasteiger partial charge on any atom is 0.220 e. The van der Waals surface area contributed by atoms with E-state index in [1.165, 1.54) is 51.4 Å². The zero-order chi connectivity index (χ0) is 44.7. The summed E-state index contributed by atoms with van der Waals surface area (Å²) in [7, 11) is 0. The molecule has 0 aromatic rings. The maximum atomic E-state index is 13.1. The van der Waals surface area contributed by atoms with Crippen LogP contribution in [0.25, 0.3) is 0 Å². The molecule has 0 saturated carbocycles. The van der Waals surface area contributed by atoms with Crippen molar-refractivity contribution < 1.29 is 64.6 Å². The van der Waals surface area contributed by atoms with E-state index >= 15 is 0 Å². The van der Waals surface area contributed by atoms with Crippen molar-refractivity contribution in [3.8, 4) is 0 Å². The largest absolute Gasteiger partial charge is 0.394 e. The number of rotatable bonds is 34. The molecule has 12 unspecified atom stereocenters. The van der Waals surface area contributed by atoms with E-state index in [2.05, 4.69) is 55.6 Å². The van der Waals surface area contributed by atoms with Crippen LogP contribution in [0.4, 0.5) is 0 Å². The second kappa shape index (κ2) is 34.4. The molecule has 2 aliphatic heterocycles. The third-order valence-electron chi connectivity index (χ3n) is 11.2. The average Bonchev–Trinajstić information content (AvgIpc) is 3.26. The van der Waals surface area contributed by atoms with E-state index in [0.29, 0.717) is 12.8 Å².